The van der Waals surface area contributed by atoms with Gasteiger partial charge in [0.15, 0.2) is 5.96 Å². The molecule has 0 radical (unpaired) electrons. The van der Waals surface area contributed by atoms with Gasteiger partial charge in [0.25, 0.3) is 0 Å². The summed E-state index contributed by atoms with van der Waals surface area (Å²) in [6.45, 7) is 15.1. The summed E-state index contributed by atoms with van der Waals surface area (Å²) in [5.41, 5.74) is -0.534. The maximum atomic E-state index is 12.9. The van der Waals surface area contributed by atoms with Crippen LogP contribution >= 0.6 is 0 Å². The molecule has 0 unspecified atom stereocenters. The van der Waals surface area contributed by atoms with Crippen molar-refractivity contribution in [3.05, 3.63) is 17.8 Å². The lowest BCUT2D eigenvalue weighted by molar-refractivity contribution is 0.00927. The molecule has 1 amide bonds. The van der Waals surface area contributed by atoms with E-state index in [0.717, 1.165) is 44.2 Å². The molecule has 1 aromatic heterocycles. The first-order chi connectivity index (χ1) is 15.0. The smallest absolute Gasteiger partial charge is 0.410 e. The number of likely N-dealkylation sites (tertiary alicyclic amines) is 1. The van der Waals surface area contributed by atoms with Gasteiger partial charge < -0.3 is 24.3 Å². The lowest BCUT2D eigenvalue weighted by Gasteiger charge is -2.40. The number of guanidine groups is 1. The van der Waals surface area contributed by atoms with Crippen LogP contribution in [0.1, 0.15) is 78.9 Å². The third-order valence-electron chi connectivity index (χ3n) is 5.89. The lowest BCUT2D eigenvalue weighted by Crippen LogP contribution is -2.52. The minimum Gasteiger partial charge on any atom is -0.444 e. The normalized spacial score (nSPS) is 18.6. The fourth-order valence-corrected chi connectivity index (χ4v) is 3.89. The van der Waals surface area contributed by atoms with E-state index < -0.39 is 5.60 Å². The molecular weight excluding hydrogens is 406 g/mol. The highest BCUT2D eigenvalue weighted by Crippen LogP contribution is 2.32. The third-order valence-corrected chi connectivity index (χ3v) is 5.89. The van der Waals surface area contributed by atoms with Crippen molar-refractivity contribution in [3.8, 4) is 0 Å². The largest absolute Gasteiger partial charge is 0.444 e. The molecule has 1 aliphatic heterocycles. The van der Waals surface area contributed by atoms with Gasteiger partial charge >= 0.3 is 6.09 Å². The number of nitrogens with zero attached hydrogens (tertiary/aromatic N) is 4. The van der Waals surface area contributed by atoms with Crippen LogP contribution in [0.2, 0.25) is 0 Å². The molecule has 2 aliphatic rings. The van der Waals surface area contributed by atoms with Crippen molar-refractivity contribution in [2.45, 2.75) is 90.8 Å². The number of piperidine rings is 1. The van der Waals surface area contributed by atoms with Crippen LogP contribution in [0.15, 0.2) is 15.6 Å². The first-order valence-electron chi connectivity index (χ1n) is 11.9. The molecular formula is C24H41N5O3. The van der Waals surface area contributed by atoms with Crippen molar-refractivity contribution in [1.82, 2.24) is 20.1 Å². The van der Waals surface area contributed by atoms with E-state index in [1.807, 2.05) is 25.7 Å². The summed E-state index contributed by atoms with van der Waals surface area (Å²) in [6, 6.07) is 0.209. The Morgan fingerprint density at radius 1 is 1.22 bits per heavy atom. The Morgan fingerprint density at radius 3 is 2.38 bits per heavy atom. The van der Waals surface area contributed by atoms with Crippen LogP contribution in [0, 0.1) is 5.92 Å². The molecule has 1 saturated carbocycles. The second-order valence-corrected chi connectivity index (χ2v) is 11.1. The van der Waals surface area contributed by atoms with Gasteiger partial charge in [0.1, 0.15) is 11.4 Å². The SMILES string of the molecule is CN=C(NCc1ncc(C(C)(C)C)o1)N1CCC(N(CC2CC2)C(=O)OC(C)(C)C)CC1. The number of aromatic nitrogens is 1. The average molecular weight is 448 g/mol. The molecule has 1 aromatic rings. The van der Waals surface area contributed by atoms with Gasteiger partial charge in [0.2, 0.25) is 5.89 Å². The molecule has 0 atom stereocenters. The minimum atomic E-state index is -0.474. The van der Waals surface area contributed by atoms with Gasteiger partial charge in [-0.1, -0.05) is 20.8 Å². The van der Waals surface area contributed by atoms with Crippen LogP contribution in [-0.4, -0.2) is 65.2 Å². The Hall–Kier alpha value is -2.25. The minimum absolute atomic E-state index is 0.0602. The van der Waals surface area contributed by atoms with Crippen molar-refractivity contribution in [2.75, 3.05) is 26.7 Å². The molecule has 8 nitrogen and oxygen atoms in total. The van der Waals surface area contributed by atoms with E-state index in [1.165, 1.54) is 12.8 Å². The number of hydrogen-bond donors (Lipinski definition) is 1. The summed E-state index contributed by atoms with van der Waals surface area (Å²) >= 11 is 0. The predicted molar refractivity (Wildman–Crippen MR) is 126 cm³/mol. The van der Waals surface area contributed by atoms with Crippen molar-refractivity contribution < 1.29 is 13.9 Å². The summed E-state index contributed by atoms with van der Waals surface area (Å²) in [4.78, 5) is 25.9. The number of carbonyl (C=O) groups excluding carboxylic acids is 1. The molecule has 1 N–H and O–H groups in total. The fraction of sp³-hybridized carbons (Fsp3) is 0.792. The number of aliphatic imine (C=N–C) groups is 1. The molecule has 1 saturated heterocycles. The molecule has 8 heteroatoms. The summed E-state index contributed by atoms with van der Waals surface area (Å²) in [7, 11) is 1.80. The maximum Gasteiger partial charge on any atom is 0.410 e. The first-order valence-corrected chi connectivity index (χ1v) is 11.9. The molecule has 0 aromatic carbocycles. The average Bonchev–Trinajstić information content (AvgIpc) is 3.39. The van der Waals surface area contributed by atoms with Gasteiger partial charge in [-0.05, 0) is 52.4 Å². The van der Waals surface area contributed by atoms with Crippen LogP contribution in [0.25, 0.3) is 0 Å². The molecule has 1 aliphatic carbocycles. The zero-order valence-electron chi connectivity index (χ0n) is 20.9. The number of amides is 1. The van der Waals surface area contributed by atoms with E-state index in [1.54, 1.807) is 13.2 Å². The monoisotopic (exact) mass is 447 g/mol. The Labute approximate surface area is 192 Å². The number of carbonyl (C=O) groups is 1. The molecule has 3 rings (SSSR count). The van der Waals surface area contributed by atoms with E-state index in [4.69, 9.17) is 9.15 Å². The van der Waals surface area contributed by atoms with Gasteiger partial charge in [-0.15, -0.1) is 0 Å². The number of ether oxygens (including phenoxy) is 1. The Bertz CT molecular complexity index is 793. The highest BCUT2D eigenvalue weighted by molar-refractivity contribution is 5.80. The molecule has 180 valence electrons. The zero-order valence-corrected chi connectivity index (χ0v) is 20.9. The Morgan fingerprint density at radius 2 is 1.88 bits per heavy atom. The predicted octanol–water partition coefficient (Wildman–Crippen LogP) is 4.16. The van der Waals surface area contributed by atoms with Crippen LogP contribution in [0.4, 0.5) is 4.79 Å². The van der Waals surface area contributed by atoms with Crippen molar-refractivity contribution >= 4 is 12.1 Å². The van der Waals surface area contributed by atoms with Crippen LogP contribution in [0.5, 0.6) is 0 Å². The van der Waals surface area contributed by atoms with Crippen molar-refractivity contribution in [1.29, 1.82) is 0 Å². The molecule has 2 heterocycles. The van der Waals surface area contributed by atoms with E-state index in [0.29, 0.717) is 18.4 Å². The van der Waals surface area contributed by atoms with Crippen LogP contribution in [0.3, 0.4) is 0 Å². The number of hydrogen-bond acceptors (Lipinski definition) is 5. The van der Waals surface area contributed by atoms with Gasteiger partial charge in [-0.25, -0.2) is 9.78 Å². The van der Waals surface area contributed by atoms with Crippen molar-refractivity contribution in [3.63, 3.8) is 0 Å². The van der Waals surface area contributed by atoms with Gasteiger partial charge in [0, 0.05) is 38.1 Å². The first kappa shape index (κ1) is 24.4. The summed E-state index contributed by atoms with van der Waals surface area (Å²) in [5.74, 6) is 3.01. The molecule has 0 spiro atoms. The number of rotatable bonds is 5. The molecule has 2 fully saturated rings. The maximum absolute atomic E-state index is 12.9. The van der Waals surface area contributed by atoms with E-state index >= 15 is 0 Å². The second kappa shape index (κ2) is 9.71. The van der Waals surface area contributed by atoms with E-state index in [-0.39, 0.29) is 17.6 Å². The van der Waals surface area contributed by atoms with Gasteiger partial charge in [-0.3, -0.25) is 4.99 Å². The third kappa shape index (κ3) is 6.87. The Balaban J connectivity index is 1.54. The molecule has 32 heavy (non-hydrogen) atoms. The molecule has 0 bridgehead atoms. The number of nitrogens with one attached hydrogen (secondary N) is 1. The number of oxazole rings is 1. The summed E-state index contributed by atoms with van der Waals surface area (Å²) in [6.07, 6.45) is 5.86. The fourth-order valence-electron chi connectivity index (χ4n) is 3.89. The van der Waals surface area contributed by atoms with Crippen molar-refractivity contribution in [2.24, 2.45) is 10.9 Å². The van der Waals surface area contributed by atoms with Crippen LogP contribution < -0.4 is 5.32 Å². The van der Waals surface area contributed by atoms with E-state index in [2.05, 4.69) is 41.0 Å². The van der Waals surface area contributed by atoms with Gasteiger partial charge in [-0.2, -0.15) is 0 Å². The van der Waals surface area contributed by atoms with Gasteiger partial charge in [0.05, 0.1) is 12.7 Å². The second-order valence-electron chi connectivity index (χ2n) is 11.1. The highest BCUT2D eigenvalue weighted by Gasteiger charge is 2.35. The summed E-state index contributed by atoms with van der Waals surface area (Å²) < 4.78 is 11.6. The highest BCUT2D eigenvalue weighted by atomic mass is 16.6. The van der Waals surface area contributed by atoms with E-state index in [9.17, 15) is 4.79 Å². The zero-order chi connectivity index (χ0) is 23.5. The quantitative estimate of drug-likeness (QED) is 0.539. The standard InChI is InChI=1S/C24H41N5O3/c1-23(2,3)19-14-26-20(31-19)15-27-21(25-7)28-12-10-18(11-13-28)29(16-17-8-9-17)22(30)32-24(4,5)6/h14,17-18H,8-13,15-16H2,1-7H3,(H,25,27). The topological polar surface area (TPSA) is 83.2 Å². The lowest BCUT2D eigenvalue weighted by atomic mass is 9.94. The summed E-state index contributed by atoms with van der Waals surface area (Å²) in [5, 5.41) is 3.37. The Kier molecular flexibility index (Phi) is 7.40. The van der Waals surface area contributed by atoms with Crippen LogP contribution in [-0.2, 0) is 16.7 Å².